The highest BCUT2D eigenvalue weighted by molar-refractivity contribution is 9.10. The molecule has 1 amide bonds. The van der Waals surface area contributed by atoms with Gasteiger partial charge in [0.15, 0.2) is 0 Å². The first kappa shape index (κ1) is 22.1. The molecule has 5 nitrogen and oxygen atoms in total. The first-order valence-electron chi connectivity index (χ1n) is 10.2. The number of fused-ring (bicyclic) bond motifs is 2. The number of carbonyl (C=O) groups excluding carboxylic acids is 2. The molecular weight excluding hydrogens is 475 g/mol. The summed E-state index contributed by atoms with van der Waals surface area (Å²) >= 11 is 3.27. The van der Waals surface area contributed by atoms with Crippen molar-refractivity contribution in [2.24, 2.45) is 5.92 Å². The Bertz CT molecular complexity index is 1100. The van der Waals surface area contributed by atoms with Crippen molar-refractivity contribution in [1.29, 1.82) is 0 Å². The summed E-state index contributed by atoms with van der Waals surface area (Å²) in [5.41, 5.74) is 2.62. The molecule has 1 aliphatic heterocycles. The van der Waals surface area contributed by atoms with Crippen molar-refractivity contribution in [3.05, 3.63) is 40.0 Å². The van der Waals surface area contributed by atoms with E-state index in [1.54, 1.807) is 11.0 Å². The fourth-order valence-electron chi connectivity index (χ4n) is 4.84. The Morgan fingerprint density at radius 3 is 2.52 bits per heavy atom. The van der Waals surface area contributed by atoms with Gasteiger partial charge in [0, 0.05) is 31.1 Å². The van der Waals surface area contributed by atoms with Gasteiger partial charge in [0.25, 0.3) is 0 Å². The van der Waals surface area contributed by atoms with Gasteiger partial charge < -0.3 is 4.90 Å². The summed E-state index contributed by atoms with van der Waals surface area (Å²) in [6.07, 6.45) is -2.56. The highest BCUT2D eigenvalue weighted by Gasteiger charge is 2.44. The highest BCUT2D eigenvalue weighted by Crippen LogP contribution is 2.45. The first-order chi connectivity index (χ1) is 14.6. The van der Waals surface area contributed by atoms with E-state index >= 15 is 0 Å². The third-order valence-electron chi connectivity index (χ3n) is 6.33. The van der Waals surface area contributed by atoms with Gasteiger partial charge in [-0.3, -0.25) is 19.1 Å². The molecule has 166 valence electrons. The second-order valence-corrected chi connectivity index (χ2v) is 8.76. The van der Waals surface area contributed by atoms with Crippen molar-refractivity contribution >= 4 is 44.2 Å². The Morgan fingerprint density at radius 2 is 1.90 bits per heavy atom. The smallest absolute Gasteiger partial charge is 0.343 e. The third-order valence-corrected chi connectivity index (χ3v) is 7.17. The second kappa shape index (κ2) is 7.78. The fourth-order valence-corrected chi connectivity index (χ4v) is 5.55. The maximum Gasteiger partial charge on any atom is 0.472 e. The molecule has 0 saturated heterocycles. The van der Waals surface area contributed by atoms with Crippen molar-refractivity contribution < 1.29 is 22.8 Å². The highest BCUT2D eigenvalue weighted by atomic mass is 79.9. The van der Waals surface area contributed by atoms with Crippen molar-refractivity contribution in [2.45, 2.75) is 32.5 Å². The van der Waals surface area contributed by atoms with Crippen molar-refractivity contribution in [2.75, 3.05) is 26.7 Å². The summed E-state index contributed by atoms with van der Waals surface area (Å²) in [7, 11) is 1.93. The van der Waals surface area contributed by atoms with Crippen LogP contribution in [0, 0.1) is 5.92 Å². The number of carbonyl (C=O) groups is 2. The SMILES string of the molecule is CCN(CC)C(=O)C1C=C2c3cccc4c3c(c(Br)n4C(=O)C(F)(F)F)CC2N(C)C1. The molecule has 0 bridgehead atoms. The number of likely N-dealkylation sites (N-methyl/N-ethyl adjacent to an activating group) is 1. The minimum atomic E-state index is -4.99. The third kappa shape index (κ3) is 3.42. The molecule has 0 saturated carbocycles. The Labute approximate surface area is 186 Å². The average molecular weight is 498 g/mol. The van der Waals surface area contributed by atoms with Gasteiger partial charge in [-0.15, -0.1) is 0 Å². The van der Waals surface area contributed by atoms with Gasteiger partial charge in [0.2, 0.25) is 5.91 Å². The summed E-state index contributed by atoms with van der Waals surface area (Å²) in [5.74, 6) is -2.20. The minimum absolute atomic E-state index is 0.0479. The van der Waals surface area contributed by atoms with Crippen LogP contribution in [-0.2, 0) is 11.2 Å². The minimum Gasteiger partial charge on any atom is -0.343 e. The predicted octanol–water partition coefficient (Wildman–Crippen LogP) is 4.34. The van der Waals surface area contributed by atoms with Crippen LogP contribution in [0.5, 0.6) is 0 Å². The molecule has 1 aromatic carbocycles. The molecule has 31 heavy (non-hydrogen) atoms. The van der Waals surface area contributed by atoms with E-state index in [4.69, 9.17) is 0 Å². The summed E-state index contributed by atoms with van der Waals surface area (Å²) in [6.45, 7) is 5.66. The lowest BCUT2D eigenvalue weighted by Gasteiger charge is -2.40. The van der Waals surface area contributed by atoms with E-state index < -0.39 is 12.1 Å². The van der Waals surface area contributed by atoms with Gasteiger partial charge >= 0.3 is 12.1 Å². The number of hydrogen-bond acceptors (Lipinski definition) is 3. The van der Waals surface area contributed by atoms with E-state index in [1.165, 1.54) is 6.07 Å². The van der Waals surface area contributed by atoms with E-state index in [1.807, 2.05) is 33.0 Å². The van der Waals surface area contributed by atoms with Crippen LogP contribution in [0.25, 0.3) is 16.5 Å². The van der Waals surface area contributed by atoms with Crippen LogP contribution in [0.1, 0.15) is 29.8 Å². The molecule has 2 heterocycles. The Morgan fingerprint density at radius 1 is 1.23 bits per heavy atom. The summed E-state index contributed by atoms with van der Waals surface area (Å²) in [6, 6.07) is 4.97. The van der Waals surface area contributed by atoms with Crippen LogP contribution in [0.4, 0.5) is 13.2 Å². The second-order valence-electron chi connectivity index (χ2n) is 8.01. The number of hydrogen-bond donors (Lipinski definition) is 0. The molecule has 1 aromatic heterocycles. The Kier molecular flexibility index (Phi) is 5.54. The van der Waals surface area contributed by atoms with Gasteiger partial charge in [-0.2, -0.15) is 13.2 Å². The number of rotatable bonds is 3. The van der Waals surface area contributed by atoms with Gasteiger partial charge in [0.05, 0.1) is 16.0 Å². The van der Waals surface area contributed by atoms with Crippen LogP contribution >= 0.6 is 15.9 Å². The average Bonchev–Trinajstić information content (AvgIpc) is 3.00. The van der Waals surface area contributed by atoms with Gasteiger partial charge in [-0.25, -0.2) is 0 Å². The number of aromatic nitrogens is 1. The molecule has 0 N–H and O–H groups in total. The van der Waals surface area contributed by atoms with E-state index in [0.29, 0.717) is 41.6 Å². The quantitative estimate of drug-likeness (QED) is 0.633. The zero-order valence-electron chi connectivity index (χ0n) is 17.5. The van der Waals surface area contributed by atoms with Gasteiger partial charge in [0.1, 0.15) is 0 Å². The van der Waals surface area contributed by atoms with Crippen LogP contribution in [0.15, 0.2) is 28.9 Å². The molecule has 0 fully saturated rings. The van der Waals surface area contributed by atoms with Gasteiger partial charge in [-0.1, -0.05) is 18.2 Å². The molecular formula is C22H23BrF3N3O2. The first-order valence-corrected chi connectivity index (χ1v) is 11.0. The monoisotopic (exact) mass is 497 g/mol. The number of amides is 1. The predicted molar refractivity (Wildman–Crippen MR) is 116 cm³/mol. The van der Waals surface area contributed by atoms with Crippen molar-refractivity contribution in [1.82, 2.24) is 14.4 Å². The van der Waals surface area contributed by atoms with Crippen LogP contribution < -0.4 is 0 Å². The lowest BCUT2D eigenvalue weighted by atomic mass is 9.79. The van der Waals surface area contributed by atoms with Crippen LogP contribution in [0.3, 0.4) is 0 Å². The van der Waals surface area contributed by atoms with E-state index in [2.05, 4.69) is 20.8 Å². The van der Waals surface area contributed by atoms with Crippen LogP contribution in [0.2, 0.25) is 0 Å². The molecule has 2 atom stereocenters. The number of halogens is 4. The maximum absolute atomic E-state index is 13.3. The lowest BCUT2D eigenvalue weighted by molar-refractivity contribution is -0.134. The van der Waals surface area contributed by atoms with Gasteiger partial charge in [-0.05, 0) is 66.0 Å². The zero-order chi connectivity index (χ0) is 22.7. The molecule has 4 rings (SSSR count). The normalized spacial score (nSPS) is 21.1. The largest absolute Gasteiger partial charge is 0.472 e. The summed E-state index contributed by atoms with van der Waals surface area (Å²) in [4.78, 5) is 29.0. The van der Waals surface area contributed by atoms with Crippen molar-refractivity contribution in [3.8, 4) is 0 Å². The molecule has 1 aliphatic carbocycles. The molecule has 2 unspecified atom stereocenters. The number of benzene rings is 1. The molecule has 9 heteroatoms. The number of nitrogens with zero attached hydrogens (tertiary/aromatic N) is 3. The maximum atomic E-state index is 13.3. The van der Waals surface area contributed by atoms with Crippen molar-refractivity contribution in [3.63, 3.8) is 0 Å². The van der Waals surface area contributed by atoms with E-state index in [0.717, 1.165) is 11.1 Å². The Balaban J connectivity index is 1.89. The summed E-state index contributed by atoms with van der Waals surface area (Å²) in [5, 5.41) is 0.638. The number of alkyl halides is 3. The summed E-state index contributed by atoms with van der Waals surface area (Å²) < 4.78 is 40.6. The van der Waals surface area contributed by atoms with E-state index in [9.17, 15) is 22.8 Å². The molecule has 2 aliphatic rings. The zero-order valence-corrected chi connectivity index (χ0v) is 19.0. The molecule has 0 radical (unpaired) electrons. The topological polar surface area (TPSA) is 45.6 Å². The Hall–Kier alpha value is -2.13. The molecule has 2 aromatic rings. The van der Waals surface area contributed by atoms with Crippen LogP contribution in [-0.4, -0.2) is 65.1 Å². The molecule has 0 spiro atoms. The van der Waals surface area contributed by atoms with E-state index in [-0.39, 0.29) is 28.0 Å². The standard InChI is InChI=1S/C22H23BrF3N3O2/c1-4-28(5-2)20(30)12-9-14-13-7-6-8-16-18(13)15(10-17(14)27(3)11-12)19(23)29(16)21(31)22(24,25)26/h6-9,12,17H,4-5,10-11H2,1-3H3. The lowest BCUT2D eigenvalue weighted by Crippen LogP contribution is -2.47. The fraction of sp³-hybridized carbons (Fsp3) is 0.455.